The van der Waals surface area contributed by atoms with Crippen molar-refractivity contribution < 1.29 is 39.4 Å². The Labute approximate surface area is 202 Å². The lowest BCUT2D eigenvalue weighted by Gasteiger charge is -2.46. The molecule has 17 heteroatoms. The Morgan fingerprint density at radius 3 is 2.19 bits per heavy atom. The number of esters is 1. The fraction of sp³-hybridized carbons (Fsp3) is 0.632. The standard InChI is InChI=1S/C19H23N9O8/c20-26-23-9-6-10(24-27-21)16(15(32)13(9)30)36-19-12(25-28-22)17(14(31)11(7-29)34-19)35-18(33)8-4-2-1-3-5-8/h1-5,9-17,19,29-32H,6-7H2/t9-,10?,11?,12?,13?,14-,15-,16-,17-,19-/m1/s1. The molecule has 4 unspecified atom stereocenters. The monoisotopic (exact) mass is 505 g/mol. The Hall–Kier alpha value is -3.62. The van der Waals surface area contributed by atoms with Gasteiger partial charge in [0, 0.05) is 14.7 Å². The Morgan fingerprint density at radius 1 is 0.944 bits per heavy atom. The first-order valence-electron chi connectivity index (χ1n) is 10.7. The van der Waals surface area contributed by atoms with E-state index in [-0.39, 0.29) is 12.0 Å². The first-order valence-corrected chi connectivity index (χ1v) is 10.7. The number of carbonyl (C=O) groups is 1. The first-order chi connectivity index (χ1) is 17.4. The van der Waals surface area contributed by atoms with Crippen LogP contribution in [0.15, 0.2) is 45.7 Å². The predicted octanol–water partition coefficient (Wildman–Crippen LogP) is 0.837. The number of aliphatic hydroxyl groups excluding tert-OH is 4. The molecule has 0 amide bonds. The van der Waals surface area contributed by atoms with Crippen LogP contribution in [0.1, 0.15) is 16.8 Å². The van der Waals surface area contributed by atoms with Gasteiger partial charge in [0.15, 0.2) is 6.29 Å². The van der Waals surface area contributed by atoms with Gasteiger partial charge in [-0.1, -0.05) is 33.5 Å². The van der Waals surface area contributed by atoms with Crippen LogP contribution in [0.4, 0.5) is 0 Å². The van der Waals surface area contributed by atoms with Crippen molar-refractivity contribution in [2.45, 2.75) is 67.5 Å². The van der Waals surface area contributed by atoms with Crippen LogP contribution in [0.25, 0.3) is 31.3 Å². The van der Waals surface area contributed by atoms with Crippen LogP contribution >= 0.6 is 0 Å². The van der Waals surface area contributed by atoms with E-state index in [9.17, 15) is 25.2 Å². The van der Waals surface area contributed by atoms with Gasteiger partial charge < -0.3 is 34.6 Å². The molecule has 0 spiro atoms. The van der Waals surface area contributed by atoms with Crippen LogP contribution in [-0.2, 0) is 14.2 Å². The van der Waals surface area contributed by atoms with Gasteiger partial charge in [-0.2, -0.15) is 0 Å². The summed E-state index contributed by atoms with van der Waals surface area (Å²) in [5.74, 6) is -0.868. The van der Waals surface area contributed by atoms with Gasteiger partial charge in [0.05, 0.1) is 36.5 Å². The van der Waals surface area contributed by atoms with Gasteiger partial charge in [-0.15, -0.1) is 0 Å². The molecule has 0 radical (unpaired) electrons. The number of rotatable bonds is 8. The third-order valence-electron chi connectivity index (χ3n) is 5.89. The fourth-order valence-corrected chi connectivity index (χ4v) is 4.11. The van der Waals surface area contributed by atoms with Gasteiger partial charge in [0.25, 0.3) is 0 Å². The third kappa shape index (κ3) is 5.78. The molecule has 1 aliphatic carbocycles. The maximum absolute atomic E-state index is 12.6. The number of azide groups is 3. The molecule has 2 aliphatic rings. The molecule has 17 nitrogen and oxygen atoms in total. The molecule has 0 aromatic heterocycles. The summed E-state index contributed by atoms with van der Waals surface area (Å²) in [4.78, 5) is 20.6. The maximum atomic E-state index is 12.6. The first kappa shape index (κ1) is 27.0. The van der Waals surface area contributed by atoms with E-state index in [1.165, 1.54) is 12.1 Å². The average Bonchev–Trinajstić information content (AvgIpc) is 2.88. The highest BCUT2D eigenvalue weighted by molar-refractivity contribution is 5.89. The van der Waals surface area contributed by atoms with Crippen LogP contribution in [0, 0.1) is 0 Å². The van der Waals surface area contributed by atoms with Gasteiger partial charge in [-0.3, -0.25) is 0 Å². The summed E-state index contributed by atoms with van der Waals surface area (Å²) in [5, 5.41) is 51.8. The van der Waals surface area contributed by atoms with Crippen LogP contribution in [0.2, 0.25) is 0 Å². The fourth-order valence-electron chi connectivity index (χ4n) is 4.11. The Morgan fingerprint density at radius 2 is 1.58 bits per heavy atom. The highest BCUT2D eigenvalue weighted by Gasteiger charge is 2.51. The lowest BCUT2D eigenvalue weighted by Crippen LogP contribution is -2.63. The zero-order valence-electron chi connectivity index (χ0n) is 18.5. The number of aliphatic hydroxyl groups is 4. The Kier molecular flexibility index (Phi) is 9.27. The number of hydrogen-bond donors (Lipinski definition) is 4. The summed E-state index contributed by atoms with van der Waals surface area (Å²) < 4.78 is 16.7. The molecule has 4 N–H and O–H groups in total. The highest BCUT2D eigenvalue weighted by atomic mass is 16.7. The van der Waals surface area contributed by atoms with Crippen LogP contribution in [-0.4, -0.2) is 94.0 Å². The highest BCUT2D eigenvalue weighted by Crippen LogP contribution is 2.33. The summed E-state index contributed by atoms with van der Waals surface area (Å²) in [5.41, 5.74) is 26.9. The van der Waals surface area contributed by atoms with Crippen LogP contribution < -0.4 is 0 Å². The topological polar surface area (TPSA) is 272 Å². The summed E-state index contributed by atoms with van der Waals surface area (Å²) in [6, 6.07) is 3.93. The van der Waals surface area contributed by atoms with Gasteiger partial charge in [-0.05, 0) is 35.1 Å². The molecular formula is C19H23N9O8. The van der Waals surface area contributed by atoms with E-state index in [2.05, 4.69) is 30.1 Å². The molecule has 1 heterocycles. The number of nitrogens with zero attached hydrogens (tertiary/aromatic N) is 9. The molecule has 3 rings (SSSR count). The van der Waals surface area contributed by atoms with E-state index in [4.69, 9.17) is 30.8 Å². The minimum absolute atomic E-state index is 0.132. The molecule has 36 heavy (non-hydrogen) atoms. The van der Waals surface area contributed by atoms with E-state index in [0.717, 1.165) is 0 Å². The second-order valence-electron chi connectivity index (χ2n) is 8.01. The third-order valence-corrected chi connectivity index (χ3v) is 5.89. The summed E-state index contributed by atoms with van der Waals surface area (Å²) in [6.07, 6.45) is -11.2. The summed E-state index contributed by atoms with van der Waals surface area (Å²) >= 11 is 0. The van der Waals surface area contributed by atoms with Crippen molar-refractivity contribution in [3.05, 3.63) is 67.2 Å². The maximum Gasteiger partial charge on any atom is 0.338 e. The van der Waals surface area contributed by atoms with Gasteiger partial charge in [-0.25, -0.2) is 4.79 Å². The summed E-state index contributed by atoms with van der Waals surface area (Å²) in [6.45, 7) is -0.752. The largest absolute Gasteiger partial charge is 0.455 e. The number of ether oxygens (including phenoxy) is 3. The zero-order chi connectivity index (χ0) is 26.2. The molecule has 1 saturated carbocycles. The second-order valence-corrected chi connectivity index (χ2v) is 8.01. The van der Waals surface area contributed by atoms with Gasteiger partial charge in [0.2, 0.25) is 0 Å². The Balaban J connectivity index is 1.92. The van der Waals surface area contributed by atoms with E-state index < -0.39 is 73.6 Å². The summed E-state index contributed by atoms with van der Waals surface area (Å²) in [7, 11) is 0. The van der Waals surface area contributed by atoms with Crippen molar-refractivity contribution in [2.24, 2.45) is 15.3 Å². The molecule has 0 bridgehead atoms. The van der Waals surface area contributed by atoms with E-state index in [1.54, 1.807) is 18.2 Å². The normalized spacial score (nSPS) is 35.9. The van der Waals surface area contributed by atoms with Crippen molar-refractivity contribution in [1.29, 1.82) is 0 Å². The predicted molar refractivity (Wildman–Crippen MR) is 118 cm³/mol. The second kappa shape index (κ2) is 12.4. The minimum atomic E-state index is -1.75. The van der Waals surface area contributed by atoms with Gasteiger partial charge >= 0.3 is 5.97 Å². The van der Waals surface area contributed by atoms with Crippen molar-refractivity contribution >= 4 is 5.97 Å². The molecule has 1 saturated heterocycles. The van der Waals surface area contributed by atoms with Crippen LogP contribution in [0.3, 0.4) is 0 Å². The van der Waals surface area contributed by atoms with E-state index >= 15 is 0 Å². The lowest BCUT2D eigenvalue weighted by atomic mass is 9.84. The molecule has 10 atom stereocenters. The molecule has 1 aliphatic heterocycles. The molecule has 2 fully saturated rings. The van der Waals surface area contributed by atoms with Gasteiger partial charge in [0.1, 0.15) is 30.5 Å². The smallest absolute Gasteiger partial charge is 0.338 e. The van der Waals surface area contributed by atoms with Crippen LogP contribution in [0.5, 0.6) is 0 Å². The molecule has 1 aromatic carbocycles. The molecular weight excluding hydrogens is 482 g/mol. The minimum Gasteiger partial charge on any atom is -0.455 e. The molecule has 1 aromatic rings. The van der Waals surface area contributed by atoms with E-state index in [0.29, 0.717) is 0 Å². The Bertz CT molecular complexity index is 1060. The SMILES string of the molecule is [N-]=[N+]=NC1C[C@@H](N=[N+]=[N-])C(O)[C@@H](O)[C@@H]1O[C@H]1OC(CO)[C@@H](O)[C@H](OC(=O)c2ccccc2)C1N=[N+]=[N-]. The van der Waals surface area contributed by atoms with Crippen molar-refractivity contribution in [3.63, 3.8) is 0 Å². The van der Waals surface area contributed by atoms with E-state index in [1.807, 2.05) is 0 Å². The number of hydrogen-bond acceptors (Lipinski definition) is 11. The van der Waals surface area contributed by atoms with Crippen molar-refractivity contribution in [2.75, 3.05) is 6.61 Å². The average molecular weight is 505 g/mol. The quantitative estimate of drug-likeness (QED) is 0.169. The molecule has 192 valence electrons. The van der Waals surface area contributed by atoms with Crippen molar-refractivity contribution in [1.82, 2.24) is 0 Å². The number of benzene rings is 1. The zero-order valence-corrected chi connectivity index (χ0v) is 18.5. The number of carbonyl (C=O) groups excluding carboxylic acids is 1. The van der Waals surface area contributed by atoms with Crippen molar-refractivity contribution in [3.8, 4) is 0 Å². The lowest BCUT2D eigenvalue weighted by molar-refractivity contribution is -0.293.